The smallest absolute Gasteiger partial charge is 0.267 e. The molecule has 0 unspecified atom stereocenters. The van der Waals surface area contributed by atoms with Gasteiger partial charge < -0.3 is 5.32 Å². The molecule has 112 valence electrons. The highest BCUT2D eigenvalue weighted by atomic mass is 35.5. The molecule has 22 heavy (non-hydrogen) atoms. The van der Waals surface area contributed by atoms with Crippen LogP contribution in [-0.2, 0) is 0 Å². The molecule has 3 aromatic rings. The van der Waals surface area contributed by atoms with Crippen LogP contribution >= 0.6 is 34.5 Å². The van der Waals surface area contributed by atoms with E-state index in [0.717, 1.165) is 16.9 Å². The number of nitrogens with one attached hydrogen (secondary N) is 1. The number of halogens is 3. The Morgan fingerprint density at radius 2 is 1.95 bits per heavy atom. The van der Waals surface area contributed by atoms with Crippen molar-refractivity contribution < 1.29 is 9.18 Å². The summed E-state index contributed by atoms with van der Waals surface area (Å²) in [5.74, 6) is -0.694. The third kappa shape index (κ3) is 2.82. The maximum atomic E-state index is 13.3. The highest BCUT2D eigenvalue weighted by molar-refractivity contribution is 7.21. The molecule has 0 aliphatic carbocycles. The molecule has 1 N–H and O–H groups in total. The predicted octanol–water partition coefficient (Wildman–Crippen LogP) is 5.91. The van der Waals surface area contributed by atoms with Crippen molar-refractivity contribution >= 4 is 56.2 Å². The molecule has 0 atom stereocenters. The van der Waals surface area contributed by atoms with Gasteiger partial charge in [-0.15, -0.1) is 11.3 Å². The third-order valence-corrected chi connectivity index (χ3v) is 5.14. The van der Waals surface area contributed by atoms with E-state index in [1.807, 2.05) is 13.0 Å². The highest BCUT2D eigenvalue weighted by Crippen LogP contribution is 2.36. The van der Waals surface area contributed by atoms with Gasteiger partial charge in [-0.25, -0.2) is 4.39 Å². The fraction of sp³-hybridized carbons (Fsp3) is 0.0625. The van der Waals surface area contributed by atoms with Gasteiger partial charge in [0.2, 0.25) is 0 Å². The number of anilines is 1. The van der Waals surface area contributed by atoms with Crippen molar-refractivity contribution in [2.75, 3.05) is 5.32 Å². The number of thiophene rings is 1. The van der Waals surface area contributed by atoms with Crippen LogP contribution in [0.15, 0.2) is 36.4 Å². The summed E-state index contributed by atoms with van der Waals surface area (Å²) in [6, 6.07) is 9.51. The molecule has 2 nitrogen and oxygen atoms in total. The van der Waals surface area contributed by atoms with E-state index in [1.54, 1.807) is 18.2 Å². The summed E-state index contributed by atoms with van der Waals surface area (Å²) in [7, 11) is 0. The Hall–Kier alpha value is -1.62. The predicted molar refractivity (Wildman–Crippen MR) is 90.9 cm³/mol. The maximum Gasteiger partial charge on any atom is 0.267 e. The summed E-state index contributed by atoms with van der Waals surface area (Å²) in [5, 5.41) is 4.32. The first kappa shape index (κ1) is 15.3. The van der Waals surface area contributed by atoms with Crippen LogP contribution in [0.1, 0.15) is 15.2 Å². The molecule has 0 aliphatic heterocycles. The first-order chi connectivity index (χ1) is 10.5. The van der Waals surface area contributed by atoms with Gasteiger partial charge in [-0.05, 0) is 42.8 Å². The lowest BCUT2D eigenvalue weighted by atomic mass is 10.2. The lowest BCUT2D eigenvalue weighted by molar-refractivity contribution is 0.103. The molecular weight excluding hydrogens is 344 g/mol. The Balaban J connectivity index is 1.98. The molecule has 0 radical (unpaired) electrons. The molecular formula is C16H10Cl2FNOS. The minimum atomic E-state index is -0.358. The Morgan fingerprint density at radius 3 is 2.73 bits per heavy atom. The SMILES string of the molecule is Cc1ccc(Cl)cc1NC(=O)c1sc2cc(F)ccc2c1Cl. The molecule has 0 fully saturated rings. The van der Waals surface area contributed by atoms with Gasteiger partial charge >= 0.3 is 0 Å². The lowest BCUT2D eigenvalue weighted by Crippen LogP contribution is -2.11. The summed E-state index contributed by atoms with van der Waals surface area (Å²) in [6.07, 6.45) is 0. The van der Waals surface area contributed by atoms with Crippen molar-refractivity contribution in [1.29, 1.82) is 0 Å². The molecule has 6 heteroatoms. The van der Waals surface area contributed by atoms with Gasteiger partial charge in [-0.1, -0.05) is 29.3 Å². The molecule has 0 bridgehead atoms. The normalized spacial score (nSPS) is 10.9. The van der Waals surface area contributed by atoms with Crippen LogP contribution in [0.5, 0.6) is 0 Å². The number of aryl methyl sites for hydroxylation is 1. The Kier molecular flexibility index (Phi) is 4.08. The van der Waals surface area contributed by atoms with Crippen molar-refractivity contribution in [3.63, 3.8) is 0 Å². The van der Waals surface area contributed by atoms with Crippen LogP contribution in [0.2, 0.25) is 10.0 Å². The summed E-state index contributed by atoms with van der Waals surface area (Å²) < 4.78 is 13.9. The molecule has 3 rings (SSSR count). The van der Waals surface area contributed by atoms with E-state index in [-0.39, 0.29) is 11.7 Å². The second kappa shape index (κ2) is 5.88. The van der Waals surface area contributed by atoms with E-state index >= 15 is 0 Å². The average molecular weight is 354 g/mol. The zero-order valence-electron chi connectivity index (χ0n) is 11.4. The standard InChI is InChI=1S/C16H10Cl2FNOS/c1-8-2-3-9(17)6-12(8)20-16(21)15-14(18)11-5-4-10(19)7-13(11)22-15/h2-7H,1H3,(H,20,21). The number of hydrogen-bond acceptors (Lipinski definition) is 2. The van der Waals surface area contributed by atoms with Gasteiger partial charge in [0.15, 0.2) is 0 Å². The van der Waals surface area contributed by atoms with Gasteiger partial charge in [0.05, 0.1) is 5.02 Å². The van der Waals surface area contributed by atoms with Gasteiger partial charge in [0.1, 0.15) is 10.7 Å². The molecule has 1 aromatic heterocycles. The molecule has 0 aliphatic rings. The third-order valence-electron chi connectivity index (χ3n) is 3.25. The minimum absolute atomic E-state index is 0.331. The largest absolute Gasteiger partial charge is 0.321 e. The van der Waals surface area contributed by atoms with Crippen molar-refractivity contribution in [2.45, 2.75) is 6.92 Å². The Morgan fingerprint density at radius 1 is 1.18 bits per heavy atom. The van der Waals surface area contributed by atoms with Gasteiger partial charge in [-0.3, -0.25) is 4.79 Å². The molecule has 0 saturated heterocycles. The Labute approximate surface area is 140 Å². The fourth-order valence-electron chi connectivity index (χ4n) is 2.09. The van der Waals surface area contributed by atoms with Crippen LogP contribution in [-0.4, -0.2) is 5.91 Å². The fourth-order valence-corrected chi connectivity index (χ4v) is 3.70. The Bertz CT molecular complexity index is 891. The van der Waals surface area contributed by atoms with Crippen molar-refractivity contribution in [2.24, 2.45) is 0 Å². The van der Waals surface area contributed by atoms with Crippen molar-refractivity contribution in [3.05, 3.63) is 62.7 Å². The first-order valence-electron chi connectivity index (χ1n) is 6.41. The van der Waals surface area contributed by atoms with E-state index in [2.05, 4.69) is 5.32 Å². The van der Waals surface area contributed by atoms with E-state index in [0.29, 0.717) is 30.7 Å². The van der Waals surface area contributed by atoms with Gasteiger partial charge in [0.25, 0.3) is 5.91 Å². The summed E-state index contributed by atoms with van der Waals surface area (Å²) >= 11 is 13.3. The molecule has 0 spiro atoms. The minimum Gasteiger partial charge on any atom is -0.321 e. The second-order valence-corrected chi connectivity index (χ2v) is 6.67. The van der Waals surface area contributed by atoms with Crippen LogP contribution in [0.4, 0.5) is 10.1 Å². The first-order valence-corrected chi connectivity index (χ1v) is 7.98. The molecule has 2 aromatic carbocycles. The summed E-state index contributed by atoms with van der Waals surface area (Å²) in [4.78, 5) is 12.8. The lowest BCUT2D eigenvalue weighted by Gasteiger charge is -2.08. The quantitative estimate of drug-likeness (QED) is 0.609. The van der Waals surface area contributed by atoms with Crippen LogP contribution in [0.3, 0.4) is 0 Å². The zero-order valence-corrected chi connectivity index (χ0v) is 13.7. The second-order valence-electron chi connectivity index (χ2n) is 4.80. The number of carbonyl (C=O) groups excluding carboxylic acids is 1. The van der Waals surface area contributed by atoms with E-state index in [1.165, 1.54) is 12.1 Å². The van der Waals surface area contributed by atoms with Crippen molar-refractivity contribution in [3.8, 4) is 0 Å². The number of hydrogen-bond donors (Lipinski definition) is 1. The highest BCUT2D eigenvalue weighted by Gasteiger charge is 2.18. The number of fused-ring (bicyclic) bond motifs is 1. The average Bonchev–Trinajstić information content (AvgIpc) is 2.79. The molecule has 1 amide bonds. The van der Waals surface area contributed by atoms with Crippen molar-refractivity contribution in [1.82, 2.24) is 0 Å². The number of rotatable bonds is 2. The molecule has 1 heterocycles. The van der Waals surface area contributed by atoms with Crippen LogP contribution in [0, 0.1) is 12.7 Å². The summed E-state index contributed by atoms with van der Waals surface area (Å²) in [6.45, 7) is 1.87. The topological polar surface area (TPSA) is 29.1 Å². The monoisotopic (exact) mass is 353 g/mol. The van der Waals surface area contributed by atoms with Crippen LogP contribution in [0.25, 0.3) is 10.1 Å². The number of benzene rings is 2. The van der Waals surface area contributed by atoms with E-state index in [4.69, 9.17) is 23.2 Å². The maximum absolute atomic E-state index is 13.3. The number of amides is 1. The molecule has 0 saturated carbocycles. The zero-order chi connectivity index (χ0) is 15.9. The summed E-state index contributed by atoms with van der Waals surface area (Å²) in [5.41, 5.74) is 1.51. The van der Waals surface area contributed by atoms with Crippen LogP contribution < -0.4 is 5.32 Å². The van der Waals surface area contributed by atoms with E-state index in [9.17, 15) is 9.18 Å². The van der Waals surface area contributed by atoms with E-state index < -0.39 is 0 Å². The van der Waals surface area contributed by atoms with Gasteiger partial charge in [-0.2, -0.15) is 0 Å². The van der Waals surface area contributed by atoms with Gasteiger partial charge in [0, 0.05) is 20.8 Å². The number of carbonyl (C=O) groups is 1.